The van der Waals surface area contributed by atoms with E-state index >= 15 is 0 Å². The Labute approximate surface area is 99.7 Å². The zero-order valence-corrected chi connectivity index (χ0v) is 10.1. The van der Waals surface area contributed by atoms with E-state index in [1.54, 1.807) is 19.9 Å². The second kappa shape index (κ2) is 4.00. The minimum absolute atomic E-state index is 0.296. The summed E-state index contributed by atoms with van der Waals surface area (Å²) >= 11 is 0. The fourth-order valence-electron chi connectivity index (χ4n) is 2.22. The summed E-state index contributed by atoms with van der Waals surface area (Å²) in [4.78, 5) is 0. The molecule has 1 atom stereocenters. The molecule has 0 bridgehead atoms. The van der Waals surface area contributed by atoms with Crippen LogP contribution in [0, 0.1) is 19.7 Å². The molecule has 0 radical (unpaired) electrons. The van der Waals surface area contributed by atoms with E-state index in [9.17, 15) is 9.50 Å². The quantitative estimate of drug-likeness (QED) is 0.865. The van der Waals surface area contributed by atoms with E-state index in [1.807, 2.05) is 13.0 Å². The van der Waals surface area contributed by atoms with Crippen LogP contribution in [-0.4, -0.2) is 5.11 Å². The SMILES string of the molecule is Cc1cc(C)c(C(C)(O)c2ccoc2)c(F)c1. The van der Waals surface area contributed by atoms with Crippen molar-refractivity contribution in [1.82, 2.24) is 0 Å². The van der Waals surface area contributed by atoms with Crippen molar-refractivity contribution in [3.05, 3.63) is 58.8 Å². The molecule has 0 amide bonds. The lowest BCUT2D eigenvalue weighted by Gasteiger charge is -2.25. The minimum Gasteiger partial charge on any atom is -0.472 e. The van der Waals surface area contributed by atoms with Gasteiger partial charge in [-0.15, -0.1) is 0 Å². The molecule has 1 aromatic carbocycles. The predicted octanol–water partition coefficient (Wildman–Crippen LogP) is 3.29. The molecule has 0 aliphatic rings. The summed E-state index contributed by atoms with van der Waals surface area (Å²) in [6.45, 7) is 5.19. The molecular formula is C14H15FO2. The normalized spacial score (nSPS) is 14.6. The van der Waals surface area contributed by atoms with Gasteiger partial charge in [0.25, 0.3) is 0 Å². The molecule has 2 nitrogen and oxygen atoms in total. The zero-order valence-electron chi connectivity index (χ0n) is 10.1. The van der Waals surface area contributed by atoms with Gasteiger partial charge in [0.1, 0.15) is 11.4 Å². The predicted molar refractivity (Wildman–Crippen MR) is 63.3 cm³/mol. The molecule has 0 spiro atoms. The Hall–Kier alpha value is -1.61. The summed E-state index contributed by atoms with van der Waals surface area (Å²) < 4.78 is 19.0. The molecule has 3 heteroatoms. The lowest BCUT2D eigenvalue weighted by atomic mass is 9.86. The topological polar surface area (TPSA) is 33.4 Å². The number of benzene rings is 1. The van der Waals surface area contributed by atoms with E-state index < -0.39 is 11.4 Å². The van der Waals surface area contributed by atoms with Gasteiger partial charge in [0.2, 0.25) is 0 Å². The van der Waals surface area contributed by atoms with Gasteiger partial charge in [-0.05, 0) is 44.0 Å². The number of furan rings is 1. The standard InChI is InChI=1S/C14H15FO2/c1-9-6-10(2)13(12(15)7-9)14(3,16)11-4-5-17-8-11/h4-8,16H,1-3H3. The van der Waals surface area contributed by atoms with Gasteiger partial charge in [-0.3, -0.25) is 0 Å². The Balaban J connectivity index is 2.61. The van der Waals surface area contributed by atoms with Crippen LogP contribution in [0.4, 0.5) is 4.39 Å². The first kappa shape index (κ1) is 11.9. The molecule has 1 heterocycles. The van der Waals surface area contributed by atoms with Crippen LogP contribution in [0.1, 0.15) is 29.2 Å². The van der Waals surface area contributed by atoms with Crippen molar-refractivity contribution in [2.45, 2.75) is 26.4 Å². The molecule has 1 aromatic heterocycles. The molecule has 0 fully saturated rings. The largest absolute Gasteiger partial charge is 0.472 e. The summed E-state index contributed by atoms with van der Waals surface area (Å²) in [6, 6.07) is 4.92. The van der Waals surface area contributed by atoms with Crippen LogP contribution in [0.5, 0.6) is 0 Å². The molecular weight excluding hydrogens is 219 g/mol. The monoisotopic (exact) mass is 234 g/mol. The van der Waals surface area contributed by atoms with E-state index in [0.29, 0.717) is 11.1 Å². The summed E-state index contributed by atoms with van der Waals surface area (Å²) in [5.41, 5.74) is 1.03. The molecule has 0 aliphatic heterocycles. The number of halogens is 1. The first-order chi connectivity index (χ1) is 7.93. The number of rotatable bonds is 2. The highest BCUT2D eigenvalue weighted by atomic mass is 19.1. The summed E-state index contributed by atoms with van der Waals surface area (Å²) in [6.07, 6.45) is 2.89. The Bertz CT molecular complexity index is 504. The zero-order chi connectivity index (χ0) is 12.6. The minimum atomic E-state index is -1.38. The van der Waals surface area contributed by atoms with E-state index in [1.165, 1.54) is 18.6 Å². The van der Waals surface area contributed by atoms with Gasteiger partial charge in [0.05, 0.1) is 12.5 Å². The van der Waals surface area contributed by atoms with Crippen LogP contribution < -0.4 is 0 Å². The van der Waals surface area contributed by atoms with Gasteiger partial charge < -0.3 is 9.52 Å². The van der Waals surface area contributed by atoms with Gasteiger partial charge >= 0.3 is 0 Å². The van der Waals surface area contributed by atoms with Crippen LogP contribution >= 0.6 is 0 Å². The van der Waals surface area contributed by atoms with Crippen LogP contribution in [0.2, 0.25) is 0 Å². The van der Waals surface area contributed by atoms with Crippen molar-refractivity contribution in [1.29, 1.82) is 0 Å². The third kappa shape index (κ3) is 1.98. The second-order valence-corrected chi connectivity index (χ2v) is 4.52. The van der Waals surface area contributed by atoms with Crippen LogP contribution in [0.15, 0.2) is 35.1 Å². The van der Waals surface area contributed by atoms with Crippen molar-refractivity contribution < 1.29 is 13.9 Å². The average molecular weight is 234 g/mol. The maximum atomic E-state index is 14.0. The molecule has 0 aliphatic carbocycles. The molecule has 2 aromatic rings. The molecule has 1 unspecified atom stereocenters. The molecule has 0 saturated heterocycles. The van der Waals surface area contributed by atoms with Crippen LogP contribution in [0.3, 0.4) is 0 Å². The third-order valence-corrected chi connectivity index (χ3v) is 3.00. The number of hydrogen-bond donors (Lipinski definition) is 1. The Morgan fingerprint density at radius 3 is 2.53 bits per heavy atom. The number of aliphatic hydroxyl groups is 1. The van der Waals surface area contributed by atoms with Crippen molar-refractivity contribution in [2.75, 3.05) is 0 Å². The van der Waals surface area contributed by atoms with Crippen molar-refractivity contribution in [3.63, 3.8) is 0 Å². The van der Waals surface area contributed by atoms with Gasteiger partial charge in [-0.1, -0.05) is 6.07 Å². The van der Waals surface area contributed by atoms with Gasteiger partial charge in [-0.2, -0.15) is 0 Å². The van der Waals surface area contributed by atoms with Gasteiger partial charge in [0, 0.05) is 11.1 Å². The van der Waals surface area contributed by atoms with Crippen molar-refractivity contribution in [2.24, 2.45) is 0 Å². The van der Waals surface area contributed by atoms with E-state index in [0.717, 1.165) is 11.1 Å². The molecule has 2 rings (SSSR count). The Morgan fingerprint density at radius 2 is 2.00 bits per heavy atom. The van der Waals surface area contributed by atoms with Gasteiger partial charge in [0.15, 0.2) is 0 Å². The van der Waals surface area contributed by atoms with Crippen molar-refractivity contribution in [3.8, 4) is 0 Å². The number of aryl methyl sites for hydroxylation is 2. The molecule has 1 N–H and O–H groups in total. The lowest BCUT2D eigenvalue weighted by molar-refractivity contribution is 0.0965. The first-order valence-corrected chi connectivity index (χ1v) is 5.45. The van der Waals surface area contributed by atoms with Crippen molar-refractivity contribution >= 4 is 0 Å². The highest BCUT2D eigenvalue weighted by Gasteiger charge is 2.31. The average Bonchev–Trinajstić information content (AvgIpc) is 2.67. The fraction of sp³-hybridized carbons (Fsp3) is 0.286. The smallest absolute Gasteiger partial charge is 0.130 e. The first-order valence-electron chi connectivity index (χ1n) is 5.45. The molecule has 17 heavy (non-hydrogen) atoms. The Kier molecular flexibility index (Phi) is 2.79. The Morgan fingerprint density at radius 1 is 1.29 bits per heavy atom. The molecule has 90 valence electrons. The highest BCUT2D eigenvalue weighted by molar-refractivity contribution is 5.41. The van der Waals surface area contributed by atoms with Crippen LogP contribution in [-0.2, 0) is 5.60 Å². The summed E-state index contributed by atoms with van der Waals surface area (Å²) in [5, 5.41) is 10.5. The third-order valence-electron chi connectivity index (χ3n) is 3.00. The van der Waals surface area contributed by atoms with Crippen LogP contribution in [0.25, 0.3) is 0 Å². The maximum Gasteiger partial charge on any atom is 0.130 e. The van der Waals surface area contributed by atoms with E-state index in [2.05, 4.69) is 0 Å². The van der Waals surface area contributed by atoms with E-state index in [4.69, 9.17) is 4.42 Å². The van der Waals surface area contributed by atoms with Gasteiger partial charge in [-0.25, -0.2) is 4.39 Å². The lowest BCUT2D eigenvalue weighted by Crippen LogP contribution is -2.25. The maximum absolute atomic E-state index is 14.0. The van der Waals surface area contributed by atoms with E-state index in [-0.39, 0.29) is 0 Å². The summed E-state index contributed by atoms with van der Waals surface area (Å²) in [7, 11) is 0. The number of hydrogen-bond acceptors (Lipinski definition) is 2. The fourth-order valence-corrected chi connectivity index (χ4v) is 2.22. The molecule has 0 saturated carbocycles. The summed E-state index contributed by atoms with van der Waals surface area (Å²) in [5.74, 6) is -0.395. The second-order valence-electron chi connectivity index (χ2n) is 4.52. The highest BCUT2D eigenvalue weighted by Crippen LogP contribution is 2.33.